The number of amides is 1. The highest BCUT2D eigenvalue weighted by Gasteiger charge is 2.01. The molecule has 0 fully saturated rings. The fourth-order valence-corrected chi connectivity index (χ4v) is 1.10. The molecule has 0 bridgehead atoms. The molecule has 0 aromatic rings. The Kier molecular flexibility index (Phi) is 6.76. The lowest BCUT2D eigenvalue weighted by molar-refractivity contribution is -0.117. The summed E-state index contributed by atoms with van der Waals surface area (Å²) in [6, 6.07) is 0. The van der Waals surface area contributed by atoms with Crippen LogP contribution in [0.3, 0.4) is 0 Å². The predicted molar refractivity (Wildman–Crippen MR) is 51.1 cm³/mol. The SMILES string of the molecule is CCCN(CC)CCN(C)C=O. The molecule has 3 nitrogen and oxygen atoms in total. The summed E-state index contributed by atoms with van der Waals surface area (Å²) in [4.78, 5) is 14.3. The molecule has 0 unspecified atom stereocenters. The van der Waals surface area contributed by atoms with E-state index in [1.165, 1.54) is 6.42 Å². The zero-order valence-corrected chi connectivity index (χ0v) is 8.42. The first kappa shape index (κ1) is 11.4. The summed E-state index contributed by atoms with van der Waals surface area (Å²) in [6.07, 6.45) is 2.05. The highest BCUT2D eigenvalue weighted by Crippen LogP contribution is 1.90. The van der Waals surface area contributed by atoms with Gasteiger partial charge < -0.3 is 9.80 Å². The van der Waals surface area contributed by atoms with Gasteiger partial charge in [0.2, 0.25) is 6.41 Å². The third-order valence-corrected chi connectivity index (χ3v) is 1.94. The van der Waals surface area contributed by atoms with E-state index < -0.39 is 0 Å². The van der Waals surface area contributed by atoms with Gasteiger partial charge in [-0.05, 0) is 19.5 Å². The summed E-state index contributed by atoms with van der Waals surface area (Å²) in [5.74, 6) is 0. The summed E-state index contributed by atoms with van der Waals surface area (Å²) in [5, 5.41) is 0. The zero-order valence-electron chi connectivity index (χ0n) is 8.42. The van der Waals surface area contributed by atoms with E-state index in [1.807, 2.05) is 7.05 Å². The Morgan fingerprint density at radius 3 is 2.25 bits per heavy atom. The van der Waals surface area contributed by atoms with Crippen molar-refractivity contribution >= 4 is 6.41 Å². The fraction of sp³-hybridized carbons (Fsp3) is 0.889. The number of hydrogen-bond acceptors (Lipinski definition) is 2. The van der Waals surface area contributed by atoms with E-state index in [-0.39, 0.29) is 0 Å². The molecule has 0 heterocycles. The van der Waals surface area contributed by atoms with Gasteiger partial charge in [-0.3, -0.25) is 4.79 Å². The molecule has 72 valence electrons. The smallest absolute Gasteiger partial charge is 0.209 e. The van der Waals surface area contributed by atoms with Crippen molar-refractivity contribution in [1.29, 1.82) is 0 Å². The highest BCUT2D eigenvalue weighted by atomic mass is 16.1. The van der Waals surface area contributed by atoms with Crippen LogP contribution in [-0.4, -0.2) is 49.4 Å². The van der Waals surface area contributed by atoms with E-state index >= 15 is 0 Å². The molecule has 0 aliphatic carbocycles. The molecular formula is C9H20N2O. The van der Waals surface area contributed by atoms with Crippen LogP contribution in [0.1, 0.15) is 20.3 Å². The second-order valence-electron chi connectivity index (χ2n) is 3.02. The van der Waals surface area contributed by atoms with Crippen LogP contribution in [0.5, 0.6) is 0 Å². The van der Waals surface area contributed by atoms with Crippen molar-refractivity contribution in [3.05, 3.63) is 0 Å². The number of nitrogens with zero attached hydrogens (tertiary/aromatic N) is 2. The van der Waals surface area contributed by atoms with Crippen LogP contribution in [-0.2, 0) is 4.79 Å². The molecule has 0 N–H and O–H groups in total. The van der Waals surface area contributed by atoms with Gasteiger partial charge in [0.25, 0.3) is 0 Å². The minimum Gasteiger partial charge on any atom is -0.347 e. The van der Waals surface area contributed by atoms with Crippen LogP contribution in [0.2, 0.25) is 0 Å². The molecular weight excluding hydrogens is 152 g/mol. The van der Waals surface area contributed by atoms with Crippen molar-refractivity contribution in [2.24, 2.45) is 0 Å². The average molecular weight is 172 g/mol. The summed E-state index contributed by atoms with van der Waals surface area (Å²) < 4.78 is 0. The first-order chi connectivity index (χ1) is 5.74. The van der Waals surface area contributed by atoms with Crippen LogP contribution in [0.15, 0.2) is 0 Å². The Hall–Kier alpha value is -0.570. The van der Waals surface area contributed by atoms with Gasteiger partial charge in [-0.1, -0.05) is 13.8 Å². The lowest BCUT2D eigenvalue weighted by Crippen LogP contribution is -2.33. The fourth-order valence-electron chi connectivity index (χ4n) is 1.10. The lowest BCUT2D eigenvalue weighted by atomic mass is 10.4. The van der Waals surface area contributed by atoms with E-state index in [2.05, 4.69) is 18.7 Å². The van der Waals surface area contributed by atoms with Crippen molar-refractivity contribution in [1.82, 2.24) is 9.80 Å². The molecule has 12 heavy (non-hydrogen) atoms. The van der Waals surface area contributed by atoms with Gasteiger partial charge in [0.05, 0.1) is 0 Å². The molecule has 1 amide bonds. The van der Waals surface area contributed by atoms with Gasteiger partial charge in [-0.25, -0.2) is 0 Å². The number of carbonyl (C=O) groups excluding carboxylic acids is 1. The Balaban J connectivity index is 3.49. The van der Waals surface area contributed by atoms with E-state index in [4.69, 9.17) is 0 Å². The summed E-state index contributed by atoms with van der Waals surface area (Å²) >= 11 is 0. The molecule has 0 saturated heterocycles. The van der Waals surface area contributed by atoms with Crippen molar-refractivity contribution in [3.8, 4) is 0 Å². The van der Waals surface area contributed by atoms with Gasteiger partial charge in [0.1, 0.15) is 0 Å². The Labute approximate surface area is 75.3 Å². The molecule has 0 saturated carbocycles. The molecule has 0 atom stereocenters. The molecule has 0 radical (unpaired) electrons. The third kappa shape index (κ3) is 5.13. The maximum absolute atomic E-state index is 10.3. The molecule has 3 heteroatoms. The van der Waals surface area contributed by atoms with E-state index in [1.54, 1.807) is 4.90 Å². The average Bonchev–Trinajstić information content (AvgIpc) is 2.11. The molecule has 0 aromatic heterocycles. The molecule has 0 aliphatic heterocycles. The summed E-state index contributed by atoms with van der Waals surface area (Å²) in [6.45, 7) is 8.34. The molecule has 0 aliphatic rings. The normalized spacial score (nSPS) is 10.3. The maximum Gasteiger partial charge on any atom is 0.209 e. The van der Waals surface area contributed by atoms with Crippen LogP contribution in [0, 0.1) is 0 Å². The molecule has 0 spiro atoms. The second kappa shape index (κ2) is 7.10. The van der Waals surface area contributed by atoms with Gasteiger partial charge in [-0.2, -0.15) is 0 Å². The van der Waals surface area contributed by atoms with E-state index in [0.717, 1.165) is 32.6 Å². The molecule has 0 aromatic carbocycles. The van der Waals surface area contributed by atoms with Gasteiger partial charge in [0.15, 0.2) is 0 Å². The first-order valence-corrected chi connectivity index (χ1v) is 4.62. The van der Waals surface area contributed by atoms with Gasteiger partial charge >= 0.3 is 0 Å². The van der Waals surface area contributed by atoms with Crippen LogP contribution < -0.4 is 0 Å². The maximum atomic E-state index is 10.3. The Morgan fingerprint density at radius 2 is 1.83 bits per heavy atom. The number of carbonyl (C=O) groups is 1. The van der Waals surface area contributed by atoms with Gasteiger partial charge in [0, 0.05) is 20.1 Å². The van der Waals surface area contributed by atoms with Crippen molar-refractivity contribution < 1.29 is 4.79 Å². The topological polar surface area (TPSA) is 23.6 Å². The monoisotopic (exact) mass is 172 g/mol. The highest BCUT2D eigenvalue weighted by molar-refractivity contribution is 5.46. The van der Waals surface area contributed by atoms with Crippen LogP contribution >= 0.6 is 0 Å². The van der Waals surface area contributed by atoms with Crippen molar-refractivity contribution in [2.45, 2.75) is 20.3 Å². The van der Waals surface area contributed by atoms with Crippen LogP contribution in [0.4, 0.5) is 0 Å². The standard InChI is InChI=1S/C9H20N2O/c1-4-6-11(5-2)8-7-10(3)9-12/h9H,4-8H2,1-3H3. The summed E-state index contributed by atoms with van der Waals surface area (Å²) in [7, 11) is 1.81. The third-order valence-electron chi connectivity index (χ3n) is 1.94. The first-order valence-electron chi connectivity index (χ1n) is 4.62. The minimum atomic E-state index is 0.831. The predicted octanol–water partition coefficient (Wildman–Crippen LogP) is 0.806. The van der Waals surface area contributed by atoms with Crippen LogP contribution in [0.25, 0.3) is 0 Å². The Bertz CT molecular complexity index is 117. The number of likely N-dealkylation sites (N-methyl/N-ethyl adjacent to an activating group) is 2. The number of rotatable bonds is 7. The largest absolute Gasteiger partial charge is 0.347 e. The van der Waals surface area contributed by atoms with Crippen molar-refractivity contribution in [3.63, 3.8) is 0 Å². The number of hydrogen-bond donors (Lipinski definition) is 0. The lowest BCUT2D eigenvalue weighted by Gasteiger charge is -2.21. The van der Waals surface area contributed by atoms with Gasteiger partial charge in [-0.15, -0.1) is 0 Å². The van der Waals surface area contributed by atoms with E-state index in [9.17, 15) is 4.79 Å². The zero-order chi connectivity index (χ0) is 9.40. The quantitative estimate of drug-likeness (QED) is 0.530. The Morgan fingerprint density at radius 1 is 1.17 bits per heavy atom. The summed E-state index contributed by atoms with van der Waals surface area (Å²) in [5.41, 5.74) is 0. The second-order valence-corrected chi connectivity index (χ2v) is 3.02. The van der Waals surface area contributed by atoms with E-state index in [0.29, 0.717) is 0 Å². The molecule has 0 rings (SSSR count). The van der Waals surface area contributed by atoms with Crippen molar-refractivity contribution in [2.75, 3.05) is 33.2 Å². The minimum absolute atomic E-state index is 0.831.